The highest BCUT2D eigenvalue weighted by molar-refractivity contribution is 5.85. The quantitative estimate of drug-likeness (QED) is 0.210. The van der Waals surface area contributed by atoms with E-state index in [1.165, 1.54) is 25.7 Å². The van der Waals surface area contributed by atoms with Gasteiger partial charge in [0.15, 0.2) is 5.76 Å². The van der Waals surface area contributed by atoms with Crippen LogP contribution in [-0.4, -0.2) is 19.2 Å². The molecule has 0 aromatic carbocycles. The van der Waals surface area contributed by atoms with Crippen LogP contribution in [0.4, 0.5) is 0 Å². The maximum absolute atomic E-state index is 11.7. The molecule has 0 radical (unpaired) electrons. The minimum Gasteiger partial charge on any atom is -0.487 e. The molecule has 0 aliphatic heterocycles. The number of unbranched alkanes of at least 4 members (excludes halogenated alkanes) is 4. The van der Waals surface area contributed by atoms with Gasteiger partial charge >= 0.3 is 5.97 Å². The van der Waals surface area contributed by atoms with E-state index in [-0.39, 0.29) is 5.76 Å². The Morgan fingerprint density at radius 1 is 1.00 bits per heavy atom. The molecule has 0 amide bonds. The van der Waals surface area contributed by atoms with E-state index in [1.54, 1.807) is 0 Å². The minimum absolute atomic E-state index is 0.145. The van der Waals surface area contributed by atoms with Gasteiger partial charge in [-0.2, -0.15) is 0 Å². The molecular weight excluding hydrogens is 252 g/mol. The molecule has 0 fully saturated rings. The van der Waals surface area contributed by atoms with Crippen molar-refractivity contribution in [2.75, 3.05) is 13.2 Å². The van der Waals surface area contributed by atoms with Crippen LogP contribution in [0.2, 0.25) is 0 Å². The Hall–Kier alpha value is -0.990. The van der Waals surface area contributed by atoms with Crippen LogP contribution in [0.15, 0.2) is 12.3 Å². The van der Waals surface area contributed by atoms with Crippen molar-refractivity contribution >= 4 is 5.97 Å². The molecule has 3 heteroatoms. The maximum Gasteiger partial charge on any atom is 0.372 e. The zero-order chi connectivity index (χ0) is 15.2. The van der Waals surface area contributed by atoms with E-state index in [9.17, 15) is 4.79 Å². The molecule has 0 bridgehead atoms. The van der Waals surface area contributed by atoms with Gasteiger partial charge in [0.1, 0.15) is 0 Å². The van der Waals surface area contributed by atoms with E-state index in [0.29, 0.717) is 19.1 Å². The summed E-state index contributed by atoms with van der Waals surface area (Å²) in [6, 6.07) is 0. The molecule has 0 aromatic rings. The molecule has 0 aliphatic carbocycles. The first-order chi connectivity index (χ1) is 9.65. The van der Waals surface area contributed by atoms with Crippen molar-refractivity contribution in [2.45, 2.75) is 72.1 Å². The molecule has 0 aromatic heterocycles. The maximum atomic E-state index is 11.7. The Bertz CT molecular complexity index is 261. The number of esters is 1. The average Bonchev–Trinajstić information content (AvgIpc) is 2.46. The Kier molecular flexibility index (Phi) is 12.4. The zero-order valence-electron chi connectivity index (χ0n) is 13.6. The van der Waals surface area contributed by atoms with Crippen molar-refractivity contribution in [1.82, 2.24) is 0 Å². The van der Waals surface area contributed by atoms with Gasteiger partial charge in [-0.05, 0) is 25.3 Å². The third kappa shape index (κ3) is 9.88. The Balaban J connectivity index is 3.75. The van der Waals surface area contributed by atoms with Gasteiger partial charge in [0.2, 0.25) is 0 Å². The van der Waals surface area contributed by atoms with Crippen LogP contribution < -0.4 is 0 Å². The smallest absolute Gasteiger partial charge is 0.372 e. The molecule has 3 nitrogen and oxygen atoms in total. The summed E-state index contributed by atoms with van der Waals surface area (Å²) in [7, 11) is 0. The topological polar surface area (TPSA) is 35.5 Å². The van der Waals surface area contributed by atoms with Gasteiger partial charge in [0.25, 0.3) is 0 Å². The van der Waals surface area contributed by atoms with E-state index in [4.69, 9.17) is 9.47 Å². The lowest BCUT2D eigenvalue weighted by Crippen LogP contribution is -2.16. The number of carbonyl (C=O) groups excluding carboxylic acids is 1. The van der Waals surface area contributed by atoms with Crippen molar-refractivity contribution in [3.63, 3.8) is 0 Å². The highest BCUT2D eigenvalue weighted by atomic mass is 16.6. The van der Waals surface area contributed by atoms with Crippen molar-refractivity contribution in [2.24, 2.45) is 5.92 Å². The van der Waals surface area contributed by atoms with Gasteiger partial charge in [-0.15, -0.1) is 0 Å². The molecule has 118 valence electrons. The van der Waals surface area contributed by atoms with Crippen molar-refractivity contribution in [3.05, 3.63) is 12.3 Å². The summed E-state index contributed by atoms with van der Waals surface area (Å²) in [6.07, 6.45) is 9.02. The van der Waals surface area contributed by atoms with Gasteiger partial charge in [-0.3, -0.25) is 0 Å². The third-order valence-electron chi connectivity index (χ3n) is 3.50. The molecule has 1 unspecified atom stereocenters. The highest BCUT2D eigenvalue weighted by Gasteiger charge is 2.13. The molecule has 0 N–H and O–H groups in total. The van der Waals surface area contributed by atoms with E-state index in [0.717, 1.165) is 25.7 Å². The fraction of sp³-hybridized carbons (Fsp3) is 0.824. The van der Waals surface area contributed by atoms with Gasteiger partial charge in [-0.25, -0.2) is 4.79 Å². The molecule has 0 saturated carbocycles. The van der Waals surface area contributed by atoms with Crippen LogP contribution in [0.1, 0.15) is 72.1 Å². The lowest BCUT2D eigenvalue weighted by Gasteiger charge is -2.15. The molecule has 1 atom stereocenters. The summed E-state index contributed by atoms with van der Waals surface area (Å²) in [5.41, 5.74) is 0. The summed E-state index contributed by atoms with van der Waals surface area (Å²) in [5, 5.41) is 0. The van der Waals surface area contributed by atoms with Gasteiger partial charge in [0, 0.05) is 0 Å². The van der Waals surface area contributed by atoms with Gasteiger partial charge in [0.05, 0.1) is 13.2 Å². The SMILES string of the molecule is C=C(OCCCCCC)C(=O)OCC(CC)CCCC. The Morgan fingerprint density at radius 3 is 2.30 bits per heavy atom. The van der Waals surface area contributed by atoms with E-state index < -0.39 is 5.97 Å². The van der Waals surface area contributed by atoms with Crippen LogP contribution in [0.5, 0.6) is 0 Å². The highest BCUT2D eigenvalue weighted by Crippen LogP contribution is 2.13. The normalized spacial score (nSPS) is 11.9. The van der Waals surface area contributed by atoms with Crippen LogP contribution in [-0.2, 0) is 14.3 Å². The summed E-state index contributed by atoms with van der Waals surface area (Å²) in [4.78, 5) is 11.7. The third-order valence-corrected chi connectivity index (χ3v) is 3.50. The summed E-state index contributed by atoms with van der Waals surface area (Å²) >= 11 is 0. The van der Waals surface area contributed by atoms with E-state index in [2.05, 4.69) is 27.4 Å². The summed E-state index contributed by atoms with van der Waals surface area (Å²) in [5.74, 6) is 0.193. The van der Waals surface area contributed by atoms with Crippen LogP contribution >= 0.6 is 0 Å². The number of carbonyl (C=O) groups is 1. The first-order valence-corrected chi connectivity index (χ1v) is 8.14. The summed E-state index contributed by atoms with van der Waals surface area (Å²) in [6.45, 7) is 11.2. The molecule has 0 saturated heterocycles. The first kappa shape index (κ1) is 19.0. The minimum atomic E-state index is -0.407. The molecular formula is C17H32O3. The predicted molar refractivity (Wildman–Crippen MR) is 83.5 cm³/mol. The molecule has 20 heavy (non-hydrogen) atoms. The fourth-order valence-corrected chi connectivity index (χ4v) is 1.96. The molecule has 0 heterocycles. The largest absolute Gasteiger partial charge is 0.487 e. The lowest BCUT2D eigenvalue weighted by atomic mass is 10.0. The number of ether oxygens (including phenoxy) is 2. The van der Waals surface area contributed by atoms with Crippen LogP contribution in [0.25, 0.3) is 0 Å². The van der Waals surface area contributed by atoms with Gasteiger partial charge < -0.3 is 9.47 Å². The van der Waals surface area contributed by atoms with Crippen LogP contribution in [0, 0.1) is 5.92 Å². The number of hydrogen-bond acceptors (Lipinski definition) is 3. The molecule has 0 rings (SSSR count). The van der Waals surface area contributed by atoms with E-state index in [1.807, 2.05) is 0 Å². The predicted octanol–water partition coefficient (Wildman–Crippen LogP) is 4.86. The second kappa shape index (κ2) is 13.0. The van der Waals surface area contributed by atoms with E-state index >= 15 is 0 Å². The molecule has 0 spiro atoms. The Labute approximate surface area is 124 Å². The first-order valence-electron chi connectivity index (χ1n) is 8.14. The number of rotatable bonds is 13. The van der Waals surface area contributed by atoms with Crippen molar-refractivity contribution in [3.8, 4) is 0 Å². The van der Waals surface area contributed by atoms with Crippen LogP contribution in [0.3, 0.4) is 0 Å². The van der Waals surface area contributed by atoms with Crippen molar-refractivity contribution < 1.29 is 14.3 Å². The van der Waals surface area contributed by atoms with Gasteiger partial charge in [-0.1, -0.05) is 59.3 Å². The summed E-state index contributed by atoms with van der Waals surface area (Å²) < 4.78 is 10.6. The fourth-order valence-electron chi connectivity index (χ4n) is 1.96. The second-order valence-corrected chi connectivity index (χ2v) is 5.35. The lowest BCUT2D eigenvalue weighted by molar-refractivity contribution is -0.144. The standard InChI is InChI=1S/C17H32O3/c1-5-8-10-11-13-19-15(4)17(18)20-14-16(7-3)12-9-6-2/h16H,4-14H2,1-3H3. The Morgan fingerprint density at radius 2 is 1.70 bits per heavy atom. The van der Waals surface area contributed by atoms with Crippen molar-refractivity contribution in [1.29, 1.82) is 0 Å². The number of hydrogen-bond donors (Lipinski definition) is 0. The second-order valence-electron chi connectivity index (χ2n) is 5.35. The average molecular weight is 284 g/mol. The zero-order valence-corrected chi connectivity index (χ0v) is 13.6. The molecule has 0 aliphatic rings. The monoisotopic (exact) mass is 284 g/mol.